The van der Waals surface area contributed by atoms with Crippen molar-refractivity contribution in [1.29, 1.82) is 0 Å². The Bertz CT molecular complexity index is 1400. The summed E-state index contributed by atoms with van der Waals surface area (Å²) in [5, 5.41) is 0. The predicted octanol–water partition coefficient (Wildman–Crippen LogP) is 4.22. The van der Waals surface area contributed by atoms with Gasteiger partial charge in [0.2, 0.25) is 0 Å². The molecule has 2 aromatic carbocycles. The molecule has 0 saturated carbocycles. The number of rotatable bonds is 5. The number of carbonyl (C=O) groups is 1. The number of carbonyl (C=O) groups excluding carboxylic acids is 1. The van der Waals surface area contributed by atoms with Crippen LogP contribution in [0.3, 0.4) is 0 Å². The molecule has 0 amide bonds. The topological polar surface area (TPSA) is 40.9 Å². The molecule has 35 heavy (non-hydrogen) atoms. The molecule has 0 radical (unpaired) electrons. The van der Waals surface area contributed by atoms with E-state index in [-0.39, 0.29) is 5.78 Å². The fourth-order valence-corrected chi connectivity index (χ4v) is 4.40. The summed E-state index contributed by atoms with van der Waals surface area (Å²) >= 11 is 0. The van der Waals surface area contributed by atoms with Crippen molar-refractivity contribution in [3.63, 3.8) is 0 Å². The average molecular weight is 463 g/mol. The zero-order valence-electron chi connectivity index (χ0n) is 20.4. The highest BCUT2D eigenvalue weighted by Crippen LogP contribution is 2.15. The van der Waals surface area contributed by atoms with Crippen LogP contribution in [-0.2, 0) is 13.0 Å². The SMILES string of the molecule is Cc1ccc(C(=O)Cc2ccc(CN3CCN(C)CC3)cc2)cc1C#Cc1cnc2ccccn12. The van der Waals surface area contributed by atoms with Crippen LogP contribution in [0.2, 0.25) is 0 Å². The number of piperazine rings is 1. The van der Waals surface area contributed by atoms with E-state index < -0.39 is 0 Å². The highest BCUT2D eigenvalue weighted by Gasteiger charge is 2.14. The van der Waals surface area contributed by atoms with Crippen molar-refractivity contribution in [3.8, 4) is 11.8 Å². The first kappa shape index (κ1) is 23.0. The second-order valence-electron chi connectivity index (χ2n) is 9.35. The lowest BCUT2D eigenvalue weighted by molar-refractivity contribution is 0.0993. The van der Waals surface area contributed by atoms with Crippen molar-refractivity contribution in [2.24, 2.45) is 0 Å². The number of imidazole rings is 1. The van der Waals surface area contributed by atoms with Gasteiger partial charge in [0.25, 0.3) is 0 Å². The van der Waals surface area contributed by atoms with Crippen molar-refractivity contribution in [1.82, 2.24) is 19.2 Å². The number of Topliss-reactive ketones (excluding diaryl/α,β-unsaturated/α-hetero) is 1. The molecule has 0 spiro atoms. The highest BCUT2D eigenvalue weighted by atomic mass is 16.1. The van der Waals surface area contributed by atoms with Gasteiger partial charge in [-0.2, -0.15) is 0 Å². The first-order valence-electron chi connectivity index (χ1n) is 12.1. The Labute approximate surface area is 207 Å². The summed E-state index contributed by atoms with van der Waals surface area (Å²) < 4.78 is 1.96. The van der Waals surface area contributed by atoms with Crippen LogP contribution in [0.25, 0.3) is 5.65 Å². The van der Waals surface area contributed by atoms with Crippen LogP contribution < -0.4 is 0 Å². The molecule has 0 aliphatic carbocycles. The molecule has 4 aromatic rings. The maximum Gasteiger partial charge on any atom is 0.167 e. The molecule has 5 heteroatoms. The number of hydrogen-bond acceptors (Lipinski definition) is 4. The van der Waals surface area contributed by atoms with Crippen LogP contribution in [0.15, 0.2) is 73.1 Å². The van der Waals surface area contributed by atoms with E-state index in [1.54, 1.807) is 6.20 Å². The summed E-state index contributed by atoms with van der Waals surface area (Å²) in [5.74, 6) is 6.57. The van der Waals surface area contributed by atoms with E-state index in [9.17, 15) is 4.79 Å². The first-order valence-corrected chi connectivity index (χ1v) is 12.1. The molecule has 176 valence electrons. The fourth-order valence-electron chi connectivity index (χ4n) is 4.40. The Morgan fingerprint density at radius 3 is 2.51 bits per heavy atom. The Morgan fingerprint density at radius 2 is 1.71 bits per heavy atom. The van der Waals surface area contributed by atoms with E-state index in [1.165, 1.54) is 5.56 Å². The normalized spacial score (nSPS) is 14.6. The second kappa shape index (κ2) is 10.3. The minimum atomic E-state index is 0.106. The van der Waals surface area contributed by atoms with E-state index in [0.29, 0.717) is 12.0 Å². The quantitative estimate of drug-likeness (QED) is 0.329. The number of aromatic nitrogens is 2. The largest absolute Gasteiger partial charge is 0.304 e. The molecule has 0 bridgehead atoms. The second-order valence-corrected chi connectivity index (χ2v) is 9.35. The number of pyridine rings is 1. The van der Waals surface area contributed by atoms with Gasteiger partial charge in [0.15, 0.2) is 5.78 Å². The van der Waals surface area contributed by atoms with Gasteiger partial charge < -0.3 is 4.90 Å². The molecule has 1 aliphatic heterocycles. The van der Waals surface area contributed by atoms with Crippen LogP contribution in [0.5, 0.6) is 0 Å². The van der Waals surface area contributed by atoms with Gasteiger partial charge in [-0.05, 0) is 54.8 Å². The van der Waals surface area contributed by atoms with Crippen molar-refractivity contribution in [2.75, 3.05) is 33.2 Å². The zero-order chi connectivity index (χ0) is 24.2. The molecular formula is C30H30N4O. The number of fused-ring (bicyclic) bond motifs is 1. The van der Waals surface area contributed by atoms with Crippen LogP contribution in [0, 0.1) is 18.8 Å². The number of aryl methyl sites for hydroxylation is 1. The highest BCUT2D eigenvalue weighted by molar-refractivity contribution is 5.98. The molecule has 2 aromatic heterocycles. The summed E-state index contributed by atoms with van der Waals surface area (Å²) in [5.41, 5.74) is 6.64. The molecule has 0 atom stereocenters. The average Bonchev–Trinajstić information content (AvgIpc) is 3.29. The number of ketones is 1. The number of likely N-dealkylation sites (N-methyl/N-ethyl adjacent to an activating group) is 1. The van der Waals surface area contributed by atoms with Crippen LogP contribution in [0.4, 0.5) is 0 Å². The van der Waals surface area contributed by atoms with Gasteiger partial charge in [-0.3, -0.25) is 14.1 Å². The molecule has 1 aliphatic rings. The maximum atomic E-state index is 13.0. The van der Waals surface area contributed by atoms with Crippen LogP contribution in [0.1, 0.15) is 38.3 Å². The van der Waals surface area contributed by atoms with E-state index in [1.807, 2.05) is 53.9 Å². The first-order chi connectivity index (χ1) is 17.0. The third kappa shape index (κ3) is 5.51. The van der Waals surface area contributed by atoms with Gasteiger partial charge in [0.05, 0.1) is 6.20 Å². The van der Waals surface area contributed by atoms with Gasteiger partial charge in [-0.1, -0.05) is 48.4 Å². The lowest BCUT2D eigenvalue weighted by Crippen LogP contribution is -2.43. The van der Waals surface area contributed by atoms with E-state index in [4.69, 9.17) is 0 Å². The molecule has 5 nitrogen and oxygen atoms in total. The van der Waals surface area contributed by atoms with Crippen molar-refractivity contribution < 1.29 is 4.79 Å². The Balaban J connectivity index is 1.26. The van der Waals surface area contributed by atoms with Gasteiger partial charge in [-0.25, -0.2) is 4.98 Å². The van der Waals surface area contributed by atoms with Crippen molar-refractivity contribution in [2.45, 2.75) is 19.9 Å². The summed E-state index contributed by atoms with van der Waals surface area (Å²) in [6, 6.07) is 20.1. The summed E-state index contributed by atoms with van der Waals surface area (Å²) in [6.07, 6.45) is 4.12. The third-order valence-electron chi connectivity index (χ3n) is 6.69. The Hall–Kier alpha value is -3.72. The van der Waals surface area contributed by atoms with Crippen molar-refractivity contribution >= 4 is 11.4 Å². The zero-order valence-corrected chi connectivity index (χ0v) is 20.4. The number of hydrogen-bond donors (Lipinski definition) is 0. The Kier molecular flexibility index (Phi) is 6.76. The van der Waals surface area contributed by atoms with Gasteiger partial charge in [-0.15, -0.1) is 0 Å². The molecule has 0 unspecified atom stereocenters. The standard InChI is InChI=1S/C30H30N4O/c1-23-6-11-27(20-26(23)12-13-28-21-31-30-5-3-4-14-34(28)30)29(35)19-24-7-9-25(10-8-24)22-33-17-15-32(2)16-18-33/h3-11,14,20-21H,15-19,22H2,1-2H3. The minimum absolute atomic E-state index is 0.106. The van der Waals surface area contributed by atoms with Gasteiger partial charge in [0, 0.05) is 56.5 Å². The van der Waals surface area contributed by atoms with E-state index >= 15 is 0 Å². The molecule has 3 heterocycles. The fraction of sp³-hybridized carbons (Fsp3) is 0.267. The molecule has 5 rings (SSSR count). The maximum absolute atomic E-state index is 13.0. The molecular weight excluding hydrogens is 432 g/mol. The lowest BCUT2D eigenvalue weighted by atomic mass is 9.98. The predicted molar refractivity (Wildman–Crippen MR) is 140 cm³/mol. The minimum Gasteiger partial charge on any atom is -0.304 e. The van der Waals surface area contributed by atoms with Gasteiger partial charge in [0.1, 0.15) is 11.3 Å². The van der Waals surface area contributed by atoms with Crippen molar-refractivity contribution in [3.05, 3.63) is 107 Å². The summed E-state index contributed by atoms with van der Waals surface area (Å²) in [6.45, 7) is 7.43. The summed E-state index contributed by atoms with van der Waals surface area (Å²) in [7, 11) is 2.17. The molecule has 1 fully saturated rings. The number of benzene rings is 2. The Morgan fingerprint density at radius 1 is 0.943 bits per heavy atom. The smallest absolute Gasteiger partial charge is 0.167 e. The lowest BCUT2D eigenvalue weighted by Gasteiger charge is -2.32. The third-order valence-corrected chi connectivity index (χ3v) is 6.69. The number of nitrogens with zero attached hydrogens (tertiary/aromatic N) is 4. The van der Waals surface area contributed by atoms with Gasteiger partial charge >= 0.3 is 0 Å². The van der Waals surface area contributed by atoms with E-state index in [0.717, 1.165) is 60.8 Å². The molecule has 0 N–H and O–H groups in total. The van der Waals surface area contributed by atoms with E-state index in [2.05, 4.69) is 57.9 Å². The van der Waals surface area contributed by atoms with Crippen LogP contribution >= 0.6 is 0 Å². The molecule has 1 saturated heterocycles. The monoisotopic (exact) mass is 462 g/mol. The summed E-state index contributed by atoms with van der Waals surface area (Å²) in [4.78, 5) is 22.3. The van der Waals surface area contributed by atoms with Crippen LogP contribution in [-0.4, -0.2) is 58.2 Å².